The minimum atomic E-state index is -0.591. The molecule has 1 aliphatic carbocycles. The summed E-state index contributed by atoms with van der Waals surface area (Å²) in [7, 11) is 0. The van der Waals surface area contributed by atoms with E-state index in [1.807, 2.05) is 0 Å². The first-order valence-corrected chi connectivity index (χ1v) is 7.07. The maximum atomic E-state index is 13.2. The molecule has 3 rings (SSSR count). The summed E-state index contributed by atoms with van der Waals surface area (Å²) in [4.78, 5) is 4.64. The summed E-state index contributed by atoms with van der Waals surface area (Å²) in [6.07, 6.45) is 3.13. The van der Waals surface area contributed by atoms with Gasteiger partial charge in [-0.15, -0.1) is 0 Å². The zero-order chi connectivity index (χ0) is 12.8. The molecule has 0 aromatic heterocycles. The third kappa shape index (κ3) is 1.68. The van der Waals surface area contributed by atoms with Gasteiger partial charge in [-0.2, -0.15) is 0 Å². The standard InChI is InChI=1S/C13H15FN2OS/c14-10-4-3-8(6-11(10)17)13-5-1-2-9(13)7-18-12(15)16-13/h3-4,6,9,17H,1-2,5,7H2,(H2,15,16)/t9?,13-/m0/s1. The van der Waals surface area contributed by atoms with Gasteiger partial charge >= 0.3 is 0 Å². The molecule has 1 aromatic carbocycles. The van der Waals surface area contributed by atoms with Gasteiger partial charge in [-0.1, -0.05) is 24.2 Å². The number of phenols is 1. The number of nitrogens with zero attached hydrogens (tertiary/aromatic N) is 1. The van der Waals surface area contributed by atoms with Gasteiger partial charge in [-0.25, -0.2) is 4.39 Å². The molecule has 0 amide bonds. The molecule has 18 heavy (non-hydrogen) atoms. The quantitative estimate of drug-likeness (QED) is 0.821. The topological polar surface area (TPSA) is 58.6 Å². The van der Waals surface area contributed by atoms with Gasteiger partial charge in [0.1, 0.15) is 0 Å². The van der Waals surface area contributed by atoms with Crippen LogP contribution >= 0.6 is 11.8 Å². The Morgan fingerprint density at radius 2 is 2.33 bits per heavy atom. The van der Waals surface area contributed by atoms with E-state index in [0.29, 0.717) is 11.1 Å². The van der Waals surface area contributed by atoms with Crippen LogP contribution in [-0.2, 0) is 5.54 Å². The molecule has 3 nitrogen and oxygen atoms in total. The van der Waals surface area contributed by atoms with Gasteiger partial charge < -0.3 is 10.8 Å². The molecule has 0 bridgehead atoms. The third-order valence-corrected chi connectivity index (χ3v) is 4.93. The van der Waals surface area contributed by atoms with E-state index in [-0.39, 0.29) is 11.3 Å². The van der Waals surface area contributed by atoms with Gasteiger partial charge in [0, 0.05) is 5.75 Å². The van der Waals surface area contributed by atoms with Crippen molar-refractivity contribution in [2.24, 2.45) is 16.6 Å². The van der Waals surface area contributed by atoms with Crippen LogP contribution in [0.4, 0.5) is 4.39 Å². The first-order chi connectivity index (χ1) is 8.62. The van der Waals surface area contributed by atoms with Gasteiger partial charge in [-0.3, -0.25) is 4.99 Å². The number of halogens is 1. The molecule has 1 saturated carbocycles. The van der Waals surface area contributed by atoms with E-state index in [9.17, 15) is 9.50 Å². The molecule has 96 valence electrons. The van der Waals surface area contributed by atoms with E-state index in [2.05, 4.69) is 4.99 Å². The molecule has 1 unspecified atom stereocenters. The van der Waals surface area contributed by atoms with Gasteiger partial charge in [0.2, 0.25) is 0 Å². The van der Waals surface area contributed by atoms with Crippen molar-refractivity contribution in [2.75, 3.05) is 5.75 Å². The van der Waals surface area contributed by atoms with Crippen molar-refractivity contribution in [1.29, 1.82) is 0 Å². The predicted molar refractivity (Wildman–Crippen MR) is 71.2 cm³/mol. The lowest BCUT2D eigenvalue weighted by Crippen LogP contribution is -2.36. The molecule has 1 heterocycles. The molecule has 5 heteroatoms. The molecule has 0 radical (unpaired) electrons. The zero-order valence-corrected chi connectivity index (χ0v) is 10.7. The van der Waals surface area contributed by atoms with Crippen LogP contribution in [0, 0.1) is 11.7 Å². The summed E-state index contributed by atoms with van der Waals surface area (Å²) in [5.74, 6) is 0.485. The first kappa shape index (κ1) is 11.8. The second kappa shape index (κ2) is 4.16. The van der Waals surface area contributed by atoms with E-state index < -0.39 is 5.82 Å². The molecular weight excluding hydrogens is 251 g/mol. The molecule has 1 aromatic rings. The minimum absolute atomic E-state index is 0.306. The Bertz CT molecular complexity index is 520. The van der Waals surface area contributed by atoms with E-state index >= 15 is 0 Å². The molecule has 1 fully saturated rings. The molecule has 2 aliphatic rings. The normalized spacial score (nSPS) is 30.9. The highest BCUT2D eigenvalue weighted by atomic mass is 32.2. The fourth-order valence-electron chi connectivity index (χ4n) is 3.07. The van der Waals surface area contributed by atoms with Crippen LogP contribution in [0.5, 0.6) is 5.75 Å². The van der Waals surface area contributed by atoms with Crippen LogP contribution in [0.3, 0.4) is 0 Å². The fraction of sp³-hybridized carbons (Fsp3) is 0.462. The molecule has 2 atom stereocenters. The number of rotatable bonds is 1. The number of amidine groups is 1. The van der Waals surface area contributed by atoms with Crippen molar-refractivity contribution >= 4 is 16.9 Å². The number of fused-ring (bicyclic) bond motifs is 1. The molecule has 0 saturated heterocycles. The number of thioether (sulfide) groups is 1. The summed E-state index contributed by atoms with van der Waals surface area (Å²) in [6.45, 7) is 0. The van der Waals surface area contributed by atoms with Gasteiger partial charge in [0.15, 0.2) is 16.7 Å². The van der Waals surface area contributed by atoms with Crippen molar-refractivity contribution in [1.82, 2.24) is 0 Å². The number of hydrogen-bond acceptors (Lipinski definition) is 4. The minimum Gasteiger partial charge on any atom is -0.505 e. The average Bonchev–Trinajstić information content (AvgIpc) is 2.76. The summed E-state index contributed by atoms with van der Waals surface area (Å²) in [5.41, 5.74) is 6.39. The summed E-state index contributed by atoms with van der Waals surface area (Å²) < 4.78 is 13.2. The largest absolute Gasteiger partial charge is 0.505 e. The molecule has 1 aliphatic heterocycles. The van der Waals surface area contributed by atoms with Crippen LogP contribution in [0.15, 0.2) is 23.2 Å². The Morgan fingerprint density at radius 1 is 1.50 bits per heavy atom. The molecular formula is C13H15FN2OS. The maximum absolute atomic E-state index is 13.2. The Hall–Kier alpha value is -1.23. The zero-order valence-electron chi connectivity index (χ0n) is 9.90. The van der Waals surface area contributed by atoms with Crippen LogP contribution in [0.25, 0.3) is 0 Å². The highest BCUT2D eigenvalue weighted by Crippen LogP contribution is 2.51. The summed E-state index contributed by atoms with van der Waals surface area (Å²) in [5, 5.41) is 10.1. The second-order valence-corrected chi connectivity index (χ2v) is 5.98. The fourth-order valence-corrected chi connectivity index (χ4v) is 4.11. The lowest BCUT2D eigenvalue weighted by Gasteiger charge is -2.35. The van der Waals surface area contributed by atoms with Crippen LogP contribution in [-0.4, -0.2) is 16.0 Å². The average molecular weight is 266 g/mol. The Labute approximate surface area is 109 Å². The van der Waals surface area contributed by atoms with E-state index in [0.717, 1.165) is 30.6 Å². The van der Waals surface area contributed by atoms with Gasteiger partial charge in [0.25, 0.3) is 0 Å². The number of phenolic OH excluding ortho intramolecular Hbond substituents is 1. The van der Waals surface area contributed by atoms with Crippen molar-refractivity contribution < 1.29 is 9.50 Å². The van der Waals surface area contributed by atoms with E-state index in [1.165, 1.54) is 12.1 Å². The summed E-state index contributed by atoms with van der Waals surface area (Å²) >= 11 is 1.59. The number of aromatic hydroxyl groups is 1. The first-order valence-electron chi connectivity index (χ1n) is 6.09. The third-order valence-electron chi connectivity index (χ3n) is 3.97. The van der Waals surface area contributed by atoms with Crippen molar-refractivity contribution in [3.8, 4) is 5.75 Å². The van der Waals surface area contributed by atoms with Crippen LogP contribution < -0.4 is 5.73 Å². The van der Waals surface area contributed by atoms with Gasteiger partial charge in [0.05, 0.1) is 5.54 Å². The lowest BCUT2D eigenvalue weighted by molar-refractivity contribution is 0.351. The van der Waals surface area contributed by atoms with Crippen molar-refractivity contribution in [3.05, 3.63) is 29.6 Å². The van der Waals surface area contributed by atoms with E-state index in [4.69, 9.17) is 5.73 Å². The molecule has 0 spiro atoms. The number of benzene rings is 1. The highest BCUT2D eigenvalue weighted by molar-refractivity contribution is 8.13. The van der Waals surface area contributed by atoms with Crippen molar-refractivity contribution in [2.45, 2.75) is 24.8 Å². The number of nitrogens with two attached hydrogens (primary N) is 1. The highest BCUT2D eigenvalue weighted by Gasteiger charge is 2.46. The van der Waals surface area contributed by atoms with E-state index in [1.54, 1.807) is 17.8 Å². The van der Waals surface area contributed by atoms with Gasteiger partial charge in [-0.05, 0) is 36.5 Å². The number of hydrogen-bond donors (Lipinski definition) is 2. The lowest BCUT2D eigenvalue weighted by atomic mass is 9.81. The predicted octanol–water partition coefficient (Wildman–Crippen LogP) is 2.59. The second-order valence-electron chi connectivity index (χ2n) is 4.94. The Kier molecular flexibility index (Phi) is 2.73. The smallest absolute Gasteiger partial charge is 0.164 e. The summed E-state index contributed by atoms with van der Waals surface area (Å²) in [6, 6.07) is 4.53. The van der Waals surface area contributed by atoms with Crippen LogP contribution in [0.2, 0.25) is 0 Å². The monoisotopic (exact) mass is 266 g/mol. The number of aliphatic imine (C=N–C) groups is 1. The SMILES string of the molecule is NC1=N[C@]2(c3ccc(F)c(O)c3)CCCC2CS1. The Balaban J connectivity index is 2.11. The molecule has 3 N–H and O–H groups in total. The maximum Gasteiger partial charge on any atom is 0.164 e. The Morgan fingerprint density at radius 3 is 3.11 bits per heavy atom. The van der Waals surface area contributed by atoms with Crippen LogP contribution in [0.1, 0.15) is 24.8 Å². The van der Waals surface area contributed by atoms with Crippen molar-refractivity contribution in [3.63, 3.8) is 0 Å².